The summed E-state index contributed by atoms with van der Waals surface area (Å²) < 4.78 is 0. The van der Waals surface area contributed by atoms with Gasteiger partial charge in [0, 0.05) is 10.6 Å². The lowest BCUT2D eigenvalue weighted by Gasteiger charge is -2.05. The van der Waals surface area contributed by atoms with Gasteiger partial charge in [0.05, 0.1) is 5.92 Å². The molecule has 0 saturated carbocycles. The van der Waals surface area contributed by atoms with Crippen LogP contribution in [0.4, 0.5) is 0 Å². The number of carbonyl (C=O) groups is 2. The normalized spacial score (nSPS) is 12.2. The molecule has 74 valence electrons. The quantitative estimate of drug-likeness (QED) is 0.568. The number of ketones is 2. The minimum Gasteiger partial charge on any atom is -0.299 e. The highest BCUT2D eigenvalue weighted by Crippen LogP contribution is 2.13. The zero-order chi connectivity index (χ0) is 10.7. The lowest BCUT2D eigenvalue weighted by Crippen LogP contribution is -2.18. The van der Waals surface area contributed by atoms with E-state index in [1.54, 1.807) is 31.2 Å². The number of benzene rings is 1. The van der Waals surface area contributed by atoms with Gasteiger partial charge >= 0.3 is 0 Å². The van der Waals surface area contributed by atoms with Gasteiger partial charge in [0.1, 0.15) is 5.78 Å². The van der Waals surface area contributed by atoms with E-state index in [9.17, 15) is 9.59 Å². The first-order chi connectivity index (χ1) is 6.52. The Morgan fingerprint density at radius 3 is 2.14 bits per heavy atom. The van der Waals surface area contributed by atoms with E-state index in [1.807, 2.05) is 0 Å². The molecule has 0 aromatic heterocycles. The Balaban J connectivity index is 2.90. The van der Waals surface area contributed by atoms with Crippen molar-refractivity contribution in [2.75, 3.05) is 0 Å². The predicted molar refractivity (Wildman–Crippen MR) is 55.6 cm³/mol. The molecule has 0 radical (unpaired) electrons. The van der Waals surface area contributed by atoms with Gasteiger partial charge in [0.2, 0.25) is 0 Å². The summed E-state index contributed by atoms with van der Waals surface area (Å²) in [6, 6.07) is 6.54. The van der Waals surface area contributed by atoms with Crippen LogP contribution in [0.1, 0.15) is 24.2 Å². The summed E-state index contributed by atoms with van der Waals surface area (Å²) >= 11 is 5.68. The maximum atomic E-state index is 11.6. The van der Waals surface area contributed by atoms with Crippen LogP contribution in [0.25, 0.3) is 0 Å². The number of halogens is 1. The van der Waals surface area contributed by atoms with Crippen molar-refractivity contribution in [3.8, 4) is 0 Å². The fourth-order valence-corrected chi connectivity index (χ4v) is 1.17. The maximum Gasteiger partial charge on any atom is 0.173 e. The maximum absolute atomic E-state index is 11.6. The molecule has 0 aliphatic heterocycles. The van der Waals surface area contributed by atoms with Crippen molar-refractivity contribution in [3.63, 3.8) is 0 Å². The molecule has 0 aliphatic rings. The zero-order valence-corrected chi connectivity index (χ0v) is 8.84. The highest BCUT2D eigenvalue weighted by molar-refractivity contribution is 6.30. The molecular formula is C11H11ClO2. The summed E-state index contributed by atoms with van der Waals surface area (Å²) in [6.07, 6.45) is 0. The smallest absolute Gasteiger partial charge is 0.173 e. The van der Waals surface area contributed by atoms with Crippen LogP contribution in [0, 0.1) is 5.92 Å². The largest absolute Gasteiger partial charge is 0.299 e. The third kappa shape index (κ3) is 2.42. The molecule has 0 bridgehead atoms. The molecule has 0 saturated heterocycles. The minimum absolute atomic E-state index is 0.120. The summed E-state index contributed by atoms with van der Waals surface area (Å²) in [5.41, 5.74) is 0.525. The van der Waals surface area contributed by atoms with Gasteiger partial charge in [0.15, 0.2) is 5.78 Å². The molecule has 1 aromatic rings. The molecule has 0 N–H and O–H groups in total. The van der Waals surface area contributed by atoms with Crippen LogP contribution >= 0.6 is 11.6 Å². The van der Waals surface area contributed by atoms with E-state index in [-0.39, 0.29) is 11.6 Å². The molecule has 1 unspecified atom stereocenters. The van der Waals surface area contributed by atoms with E-state index in [4.69, 9.17) is 11.6 Å². The molecule has 3 heteroatoms. The fraction of sp³-hybridized carbons (Fsp3) is 0.273. The van der Waals surface area contributed by atoms with Gasteiger partial charge in [-0.1, -0.05) is 11.6 Å². The van der Waals surface area contributed by atoms with E-state index in [1.165, 1.54) is 6.92 Å². The summed E-state index contributed by atoms with van der Waals surface area (Å²) in [6.45, 7) is 3.03. The Hall–Kier alpha value is -1.15. The predicted octanol–water partition coefficient (Wildman–Crippen LogP) is 2.75. The average molecular weight is 211 g/mol. The van der Waals surface area contributed by atoms with E-state index >= 15 is 0 Å². The molecular weight excluding hydrogens is 200 g/mol. The molecule has 0 aliphatic carbocycles. The molecule has 0 spiro atoms. The highest BCUT2D eigenvalue weighted by Gasteiger charge is 2.18. The first-order valence-electron chi connectivity index (χ1n) is 4.32. The number of hydrogen-bond acceptors (Lipinski definition) is 2. The van der Waals surface area contributed by atoms with Crippen LogP contribution in [0.2, 0.25) is 5.02 Å². The van der Waals surface area contributed by atoms with Crippen LogP contribution in [-0.4, -0.2) is 11.6 Å². The average Bonchev–Trinajstić information content (AvgIpc) is 2.16. The molecule has 14 heavy (non-hydrogen) atoms. The number of carbonyl (C=O) groups excluding carboxylic acids is 2. The number of rotatable bonds is 3. The Kier molecular flexibility index (Phi) is 3.42. The van der Waals surface area contributed by atoms with E-state index in [2.05, 4.69) is 0 Å². The Morgan fingerprint density at radius 2 is 1.71 bits per heavy atom. The van der Waals surface area contributed by atoms with Crippen molar-refractivity contribution in [1.29, 1.82) is 0 Å². The molecule has 2 nitrogen and oxygen atoms in total. The lowest BCUT2D eigenvalue weighted by molar-refractivity contribution is -0.118. The molecule has 1 atom stereocenters. The van der Waals surface area contributed by atoms with E-state index in [0.29, 0.717) is 10.6 Å². The standard InChI is InChI=1S/C11H11ClO2/c1-7(8(2)13)11(14)9-3-5-10(12)6-4-9/h3-7H,1-2H3. The van der Waals surface area contributed by atoms with Crippen molar-refractivity contribution in [1.82, 2.24) is 0 Å². The van der Waals surface area contributed by atoms with Gasteiger partial charge in [-0.15, -0.1) is 0 Å². The SMILES string of the molecule is CC(=O)C(C)C(=O)c1ccc(Cl)cc1. The van der Waals surface area contributed by atoms with Crippen LogP contribution in [0.3, 0.4) is 0 Å². The Morgan fingerprint density at radius 1 is 1.21 bits per heavy atom. The van der Waals surface area contributed by atoms with Crippen LogP contribution in [-0.2, 0) is 4.79 Å². The van der Waals surface area contributed by atoms with Gasteiger partial charge in [-0.05, 0) is 38.1 Å². The van der Waals surface area contributed by atoms with Crippen LogP contribution in [0.5, 0.6) is 0 Å². The van der Waals surface area contributed by atoms with E-state index < -0.39 is 5.92 Å². The topological polar surface area (TPSA) is 34.1 Å². The highest BCUT2D eigenvalue weighted by atomic mass is 35.5. The molecule has 0 heterocycles. The summed E-state index contributed by atoms with van der Waals surface area (Å²) in [5.74, 6) is -0.852. The van der Waals surface area contributed by atoms with Crippen LogP contribution < -0.4 is 0 Å². The van der Waals surface area contributed by atoms with Gasteiger partial charge in [-0.25, -0.2) is 0 Å². The van der Waals surface area contributed by atoms with Crippen molar-refractivity contribution in [2.24, 2.45) is 5.92 Å². The number of hydrogen-bond donors (Lipinski definition) is 0. The molecule has 1 aromatic carbocycles. The molecule has 0 amide bonds. The Labute approximate surface area is 87.9 Å². The third-order valence-electron chi connectivity index (χ3n) is 2.13. The zero-order valence-electron chi connectivity index (χ0n) is 8.08. The first-order valence-corrected chi connectivity index (χ1v) is 4.70. The minimum atomic E-state index is -0.573. The molecule has 1 rings (SSSR count). The second-order valence-electron chi connectivity index (χ2n) is 3.20. The van der Waals surface area contributed by atoms with Crippen LogP contribution in [0.15, 0.2) is 24.3 Å². The van der Waals surface area contributed by atoms with Crippen molar-refractivity contribution < 1.29 is 9.59 Å². The third-order valence-corrected chi connectivity index (χ3v) is 2.38. The monoisotopic (exact) mass is 210 g/mol. The summed E-state index contributed by atoms with van der Waals surface area (Å²) in [5, 5.41) is 0.581. The van der Waals surface area contributed by atoms with Gasteiger partial charge in [-0.2, -0.15) is 0 Å². The summed E-state index contributed by atoms with van der Waals surface area (Å²) in [4.78, 5) is 22.6. The molecule has 0 fully saturated rings. The van der Waals surface area contributed by atoms with Crippen molar-refractivity contribution in [3.05, 3.63) is 34.9 Å². The summed E-state index contributed by atoms with van der Waals surface area (Å²) in [7, 11) is 0. The fourth-order valence-electron chi connectivity index (χ4n) is 1.05. The number of Topliss-reactive ketones (excluding diaryl/α,β-unsaturated/α-hetero) is 2. The lowest BCUT2D eigenvalue weighted by atomic mass is 9.96. The Bertz CT molecular complexity index is 354. The van der Waals surface area contributed by atoms with Gasteiger partial charge in [0.25, 0.3) is 0 Å². The van der Waals surface area contributed by atoms with Crippen molar-refractivity contribution in [2.45, 2.75) is 13.8 Å². The van der Waals surface area contributed by atoms with Crippen molar-refractivity contribution >= 4 is 23.2 Å². The van der Waals surface area contributed by atoms with E-state index in [0.717, 1.165) is 0 Å². The second-order valence-corrected chi connectivity index (χ2v) is 3.64. The van der Waals surface area contributed by atoms with Gasteiger partial charge in [-0.3, -0.25) is 9.59 Å². The first kappa shape index (κ1) is 10.9. The van der Waals surface area contributed by atoms with Gasteiger partial charge < -0.3 is 0 Å². The second kappa shape index (κ2) is 4.38.